The molecule has 1 rings (SSSR count). The number of hydrogen-bond donors (Lipinski definition) is 0. The van der Waals surface area contributed by atoms with Crippen LogP contribution in [-0.2, 0) is 18.0 Å². The van der Waals surface area contributed by atoms with Crippen molar-refractivity contribution in [2.24, 2.45) is 0 Å². The van der Waals surface area contributed by atoms with Crippen molar-refractivity contribution in [1.29, 1.82) is 0 Å². The Bertz CT molecular complexity index is 311. The maximum atomic E-state index is 12.3. The fourth-order valence-corrected chi connectivity index (χ4v) is 2.76. The highest BCUT2D eigenvalue weighted by atomic mass is 32.9. The van der Waals surface area contributed by atoms with Crippen molar-refractivity contribution in [3.8, 4) is 0 Å². The van der Waals surface area contributed by atoms with Crippen LogP contribution in [0.4, 0.5) is 13.2 Å². The molecule has 0 atom stereocenters. The second-order valence-corrected chi connectivity index (χ2v) is 5.27. The highest BCUT2D eigenvalue weighted by Crippen LogP contribution is 2.40. The van der Waals surface area contributed by atoms with E-state index in [0.29, 0.717) is 6.56 Å². The van der Waals surface area contributed by atoms with Crippen molar-refractivity contribution in [2.45, 2.75) is 11.1 Å². The molecule has 0 spiro atoms. The minimum absolute atomic E-state index is 0.187. The van der Waals surface area contributed by atoms with Crippen LogP contribution in [0.5, 0.6) is 0 Å². The Balaban J connectivity index is 3.11. The van der Waals surface area contributed by atoms with Crippen molar-refractivity contribution in [3.63, 3.8) is 0 Å². The van der Waals surface area contributed by atoms with E-state index in [1.54, 1.807) is 6.07 Å². The van der Waals surface area contributed by atoms with E-state index >= 15 is 0 Å². The summed E-state index contributed by atoms with van der Waals surface area (Å²) >= 11 is 5.58. The second kappa shape index (κ2) is 4.40. The molecule has 0 amide bonds. The number of alkyl halides is 3. The summed E-state index contributed by atoms with van der Waals surface area (Å²) in [5.41, 5.74) is -0.614. The molecule has 0 aliphatic heterocycles. The lowest BCUT2D eigenvalue weighted by atomic mass is 10.2. The minimum Gasteiger partial charge on any atom is -0.166 e. The third kappa shape index (κ3) is 2.93. The molecule has 0 aromatic heterocycles. The molecule has 1 aromatic carbocycles. The van der Waals surface area contributed by atoms with Crippen LogP contribution in [0.2, 0.25) is 0 Å². The van der Waals surface area contributed by atoms with Crippen LogP contribution < -0.4 is 0 Å². The van der Waals surface area contributed by atoms with Gasteiger partial charge in [-0.15, -0.1) is 0 Å². The highest BCUT2D eigenvalue weighted by Gasteiger charge is 2.32. The van der Waals surface area contributed by atoms with Gasteiger partial charge in [0.25, 0.3) is 0 Å². The smallest absolute Gasteiger partial charge is 0.166 e. The van der Waals surface area contributed by atoms with Crippen LogP contribution in [0.3, 0.4) is 0 Å². The quantitative estimate of drug-likeness (QED) is 0.713. The summed E-state index contributed by atoms with van der Waals surface area (Å²) in [6, 6.07) is 5.42. The molecule has 0 saturated carbocycles. The summed E-state index contributed by atoms with van der Waals surface area (Å²) in [5.74, 6) is 0. The molecule has 0 radical (unpaired) electrons. The van der Waals surface area contributed by atoms with Gasteiger partial charge in [0.2, 0.25) is 0 Å². The molecule has 0 fully saturated rings. The maximum absolute atomic E-state index is 12.3. The van der Waals surface area contributed by atoms with Crippen LogP contribution in [0, 0.1) is 0 Å². The Morgan fingerprint density at radius 2 is 1.85 bits per heavy atom. The highest BCUT2D eigenvalue weighted by molar-refractivity contribution is 8.58. The summed E-state index contributed by atoms with van der Waals surface area (Å²) in [5, 5.41) is 0. The third-order valence-corrected chi connectivity index (χ3v) is 3.44. The topological polar surface area (TPSA) is 0 Å². The molecule has 13 heavy (non-hydrogen) atoms. The van der Waals surface area contributed by atoms with E-state index in [9.17, 15) is 13.2 Å². The summed E-state index contributed by atoms with van der Waals surface area (Å²) in [6.45, 7) is 0.448. The molecule has 70 valence electrons. The summed E-state index contributed by atoms with van der Waals surface area (Å²) in [4.78, 5) is 0.187. The first kappa shape index (κ1) is 11.0. The Morgan fingerprint density at radius 1 is 1.23 bits per heavy atom. The number of rotatable bonds is 2. The van der Waals surface area contributed by atoms with Crippen molar-refractivity contribution >= 4 is 29.7 Å². The first-order chi connectivity index (χ1) is 6.05. The van der Waals surface area contributed by atoms with Gasteiger partial charge in [-0.2, -0.15) is 13.2 Å². The Hall–Kier alpha value is -0.120. The van der Waals surface area contributed by atoms with E-state index in [-0.39, 0.29) is 4.90 Å². The zero-order valence-electron chi connectivity index (χ0n) is 6.21. The largest absolute Gasteiger partial charge is 0.417 e. The van der Waals surface area contributed by atoms with Gasteiger partial charge in [-0.3, -0.25) is 0 Å². The standard InChI is InChI=1S/C7H4F3PS2/c8-7(9,10)5-3-1-2-4-6(5)13-11-12/h1-4H. The fraction of sp³-hybridized carbons (Fsp3) is 0.143. The van der Waals surface area contributed by atoms with E-state index < -0.39 is 11.7 Å². The average Bonchev–Trinajstić information content (AvgIpc) is 2.04. The molecule has 0 bridgehead atoms. The number of benzene rings is 1. The van der Waals surface area contributed by atoms with Crippen LogP contribution in [0.15, 0.2) is 29.2 Å². The van der Waals surface area contributed by atoms with Crippen LogP contribution >= 0.6 is 17.9 Å². The zero-order valence-corrected chi connectivity index (χ0v) is 8.73. The average molecular weight is 240 g/mol. The predicted octanol–water partition coefficient (Wildman–Crippen LogP) is 4.12. The lowest BCUT2D eigenvalue weighted by Crippen LogP contribution is -2.05. The van der Waals surface area contributed by atoms with E-state index in [2.05, 4.69) is 11.8 Å². The van der Waals surface area contributed by atoms with Gasteiger partial charge in [-0.1, -0.05) is 23.5 Å². The zero-order chi connectivity index (χ0) is 9.90. The number of halogens is 3. The monoisotopic (exact) mass is 240 g/mol. The molecular weight excluding hydrogens is 236 g/mol. The van der Waals surface area contributed by atoms with Gasteiger partial charge in [-0.05, 0) is 23.9 Å². The van der Waals surface area contributed by atoms with Gasteiger partial charge in [0.1, 0.15) is 0 Å². The van der Waals surface area contributed by atoms with Gasteiger partial charge >= 0.3 is 6.18 Å². The van der Waals surface area contributed by atoms with Crippen molar-refractivity contribution in [2.75, 3.05) is 0 Å². The van der Waals surface area contributed by atoms with Gasteiger partial charge in [0, 0.05) is 11.5 Å². The third-order valence-electron chi connectivity index (χ3n) is 1.33. The molecular formula is C7H4F3PS2. The van der Waals surface area contributed by atoms with E-state index in [0.717, 1.165) is 17.4 Å². The molecule has 0 aliphatic carbocycles. The van der Waals surface area contributed by atoms with Gasteiger partial charge in [0.05, 0.1) is 5.56 Å². The summed E-state index contributed by atoms with van der Waals surface area (Å²) < 4.78 is 37.0. The SMILES string of the molecule is FC(F)(F)c1ccccc1SP=S. The van der Waals surface area contributed by atoms with Crippen LogP contribution in [0.25, 0.3) is 0 Å². The van der Waals surface area contributed by atoms with Crippen LogP contribution in [-0.4, -0.2) is 0 Å². The van der Waals surface area contributed by atoms with Crippen molar-refractivity contribution in [1.82, 2.24) is 0 Å². The second-order valence-electron chi connectivity index (χ2n) is 2.16. The lowest BCUT2D eigenvalue weighted by Gasteiger charge is -2.09. The maximum Gasteiger partial charge on any atom is 0.417 e. The molecule has 0 heterocycles. The molecule has 1 aromatic rings. The molecule has 0 saturated heterocycles. The van der Waals surface area contributed by atoms with Crippen molar-refractivity contribution < 1.29 is 13.2 Å². The first-order valence-corrected chi connectivity index (χ1v) is 6.54. The van der Waals surface area contributed by atoms with Gasteiger partial charge < -0.3 is 0 Å². The van der Waals surface area contributed by atoms with E-state index in [1.807, 2.05) is 0 Å². The first-order valence-electron chi connectivity index (χ1n) is 3.21. The van der Waals surface area contributed by atoms with Gasteiger partial charge in [-0.25, -0.2) is 0 Å². The van der Waals surface area contributed by atoms with Gasteiger partial charge in [0.15, 0.2) is 0 Å². The molecule has 0 aliphatic rings. The lowest BCUT2D eigenvalue weighted by molar-refractivity contribution is -0.139. The Morgan fingerprint density at radius 3 is 2.38 bits per heavy atom. The fourth-order valence-electron chi connectivity index (χ4n) is 0.821. The Labute approximate surface area is 84.1 Å². The van der Waals surface area contributed by atoms with E-state index in [4.69, 9.17) is 0 Å². The number of hydrogen-bond acceptors (Lipinski definition) is 2. The summed E-state index contributed by atoms with van der Waals surface area (Å²) in [6.07, 6.45) is -4.29. The van der Waals surface area contributed by atoms with E-state index in [1.165, 1.54) is 12.1 Å². The predicted molar refractivity (Wildman–Crippen MR) is 51.6 cm³/mol. The van der Waals surface area contributed by atoms with Crippen molar-refractivity contribution in [3.05, 3.63) is 29.8 Å². The molecule has 6 heteroatoms. The summed E-state index contributed by atoms with van der Waals surface area (Å²) in [7, 11) is 0. The van der Waals surface area contributed by atoms with Crippen LogP contribution in [0.1, 0.15) is 5.56 Å². The minimum atomic E-state index is -4.29. The molecule has 0 unspecified atom stereocenters. The molecule has 0 nitrogen and oxygen atoms in total. The Kier molecular flexibility index (Phi) is 3.71. The molecule has 0 N–H and O–H groups in total. The normalized spacial score (nSPS) is 11.9.